The van der Waals surface area contributed by atoms with Gasteiger partial charge in [-0.15, -0.1) is 0 Å². The second kappa shape index (κ2) is 5.03. The van der Waals surface area contributed by atoms with Crippen LogP contribution in [-0.2, 0) is 0 Å². The number of carbonyl (C=O) groups excluding carboxylic acids is 1. The van der Waals surface area contributed by atoms with Crippen molar-refractivity contribution in [3.63, 3.8) is 0 Å². The number of benzene rings is 2. The van der Waals surface area contributed by atoms with Crippen molar-refractivity contribution < 1.29 is 14.5 Å². The molecule has 0 radical (unpaired) electrons. The van der Waals surface area contributed by atoms with Gasteiger partial charge in [-0.05, 0) is 29.8 Å². The highest BCUT2D eigenvalue weighted by Crippen LogP contribution is 2.33. The van der Waals surface area contributed by atoms with Crippen molar-refractivity contribution in [2.24, 2.45) is 0 Å². The molecule has 104 valence electrons. The van der Waals surface area contributed by atoms with E-state index < -0.39 is 4.92 Å². The van der Waals surface area contributed by atoms with E-state index in [1.807, 2.05) is 0 Å². The lowest BCUT2D eigenvalue weighted by Gasteiger charge is -1.98. The summed E-state index contributed by atoms with van der Waals surface area (Å²) in [4.78, 5) is 22.4. The molecule has 0 spiro atoms. The number of hydrogen-bond acceptors (Lipinski definition) is 4. The van der Waals surface area contributed by atoms with Gasteiger partial charge in [0.25, 0.3) is 5.69 Å². The minimum Gasteiger partial charge on any atom is -0.452 e. The quantitative estimate of drug-likeness (QED) is 0.480. The smallest absolute Gasteiger partial charge is 0.270 e. The van der Waals surface area contributed by atoms with Crippen LogP contribution < -0.4 is 4.74 Å². The minimum absolute atomic E-state index is 0.0460. The zero-order chi connectivity index (χ0) is 15.0. The van der Waals surface area contributed by atoms with Gasteiger partial charge in [-0.2, -0.15) is 0 Å². The Balaban J connectivity index is 1.98. The fourth-order valence-corrected chi connectivity index (χ4v) is 2.21. The molecule has 0 saturated heterocycles. The molecule has 1 aliphatic rings. The highest BCUT2D eigenvalue weighted by molar-refractivity contribution is 6.31. The van der Waals surface area contributed by atoms with E-state index >= 15 is 0 Å². The van der Waals surface area contributed by atoms with Crippen LogP contribution in [0.25, 0.3) is 6.08 Å². The normalized spacial score (nSPS) is 14.9. The van der Waals surface area contributed by atoms with E-state index in [0.717, 1.165) is 0 Å². The highest BCUT2D eigenvalue weighted by Gasteiger charge is 2.27. The zero-order valence-electron chi connectivity index (χ0n) is 10.6. The third-order valence-corrected chi connectivity index (χ3v) is 3.24. The summed E-state index contributed by atoms with van der Waals surface area (Å²) in [5, 5.41) is 11.2. The Bertz CT molecular complexity index is 798. The van der Waals surface area contributed by atoms with Gasteiger partial charge >= 0.3 is 0 Å². The fraction of sp³-hybridized carbons (Fsp3) is 0. The van der Waals surface area contributed by atoms with Crippen LogP contribution in [0.4, 0.5) is 5.69 Å². The summed E-state index contributed by atoms with van der Waals surface area (Å²) in [5.41, 5.74) is 0.862. The first-order valence-electron chi connectivity index (χ1n) is 6.03. The number of allylic oxidation sites excluding steroid dienone is 1. The number of nitrogens with zero attached hydrogens (tertiary/aromatic N) is 1. The van der Waals surface area contributed by atoms with E-state index in [0.29, 0.717) is 21.9 Å². The largest absolute Gasteiger partial charge is 0.452 e. The lowest BCUT2D eigenvalue weighted by atomic mass is 10.1. The molecular weight excluding hydrogens is 294 g/mol. The summed E-state index contributed by atoms with van der Waals surface area (Å²) in [7, 11) is 0. The number of carbonyl (C=O) groups is 1. The Labute approximate surface area is 124 Å². The van der Waals surface area contributed by atoms with E-state index in [9.17, 15) is 14.9 Å². The first-order valence-corrected chi connectivity index (χ1v) is 6.40. The first-order chi connectivity index (χ1) is 10.0. The van der Waals surface area contributed by atoms with Crippen LogP contribution in [-0.4, -0.2) is 10.7 Å². The number of ether oxygens (including phenoxy) is 1. The van der Waals surface area contributed by atoms with Crippen LogP contribution >= 0.6 is 11.6 Å². The molecule has 0 amide bonds. The Morgan fingerprint density at radius 2 is 2.00 bits per heavy atom. The molecule has 1 aliphatic heterocycles. The van der Waals surface area contributed by atoms with E-state index in [-0.39, 0.29) is 17.2 Å². The number of fused-ring (bicyclic) bond motifs is 1. The maximum atomic E-state index is 12.2. The second-order valence-electron chi connectivity index (χ2n) is 4.43. The number of halogens is 1. The SMILES string of the molecule is O=C1/C(=C/c2cccc([N+](=O)[O-])c2)Oc2ccc(Cl)cc21. The Morgan fingerprint density at radius 3 is 2.76 bits per heavy atom. The number of nitro benzene ring substituents is 1. The summed E-state index contributed by atoms with van der Waals surface area (Å²) in [6, 6.07) is 10.7. The molecule has 0 atom stereocenters. The molecule has 0 saturated carbocycles. The van der Waals surface area contributed by atoms with Crippen LogP contribution in [0, 0.1) is 10.1 Å². The van der Waals surface area contributed by atoms with Crippen LogP contribution in [0.5, 0.6) is 5.75 Å². The molecule has 3 rings (SSSR count). The van der Waals surface area contributed by atoms with E-state index in [1.54, 1.807) is 24.3 Å². The van der Waals surface area contributed by atoms with Gasteiger partial charge in [0.2, 0.25) is 5.78 Å². The van der Waals surface area contributed by atoms with Crippen LogP contribution in [0.3, 0.4) is 0 Å². The third kappa shape index (κ3) is 2.51. The number of rotatable bonds is 2. The first kappa shape index (κ1) is 13.3. The highest BCUT2D eigenvalue weighted by atomic mass is 35.5. The van der Waals surface area contributed by atoms with Crippen molar-refractivity contribution in [1.29, 1.82) is 0 Å². The summed E-state index contributed by atoms with van der Waals surface area (Å²) < 4.78 is 5.46. The number of hydrogen-bond donors (Lipinski definition) is 0. The van der Waals surface area contributed by atoms with Gasteiger partial charge in [-0.25, -0.2) is 0 Å². The lowest BCUT2D eigenvalue weighted by Crippen LogP contribution is -1.98. The summed E-state index contributed by atoms with van der Waals surface area (Å²) in [6.45, 7) is 0. The Kier molecular flexibility index (Phi) is 3.19. The Morgan fingerprint density at radius 1 is 1.19 bits per heavy atom. The third-order valence-electron chi connectivity index (χ3n) is 3.01. The number of ketones is 1. The van der Waals surface area contributed by atoms with E-state index in [2.05, 4.69) is 0 Å². The number of nitro groups is 1. The molecule has 0 fully saturated rings. The molecule has 1 heterocycles. The number of non-ortho nitro benzene ring substituents is 1. The van der Waals surface area contributed by atoms with Crippen molar-refractivity contribution >= 4 is 29.1 Å². The predicted molar refractivity (Wildman–Crippen MR) is 77.5 cm³/mol. The minimum atomic E-state index is -0.492. The van der Waals surface area contributed by atoms with Crippen LogP contribution in [0.2, 0.25) is 5.02 Å². The maximum Gasteiger partial charge on any atom is 0.270 e. The van der Waals surface area contributed by atoms with E-state index in [4.69, 9.17) is 16.3 Å². The van der Waals surface area contributed by atoms with Gasteiger partial charge in [-0.1, -0.05) is 23.7 Å². The molecule has 0 unspecified atom stereocenters. The number of Topliss-reactive ketones (excluding diaryl/α,β-unsaturated/α-hetero) is 1. The molecule has 0 N–H and O–H groups in total. The molecular formula is C15H8ClNO4. The summed E-state index contributed by atoms with van der Waals surface area (Å²) in [5.74, 6) is 0.257. The fourth-order valence-electron chi connectivity index (χ4n) is 2.04. The average Bonchev–Trinajstić information content (AvgIpc) is 2.76. The average molecular weight is 302 g/mol. The van der Waals surface area contributed by atoms with Crippen LogP contribution in [0.15, 0.2) is 48.2 Å². The molecule has 2 aromatic carbocycles. The van der Waals surface area contributed by atoms with Gasteiger partial charge in [0.15, 0.2) is 5.76 Å². The van der Waals surface area contributed by atoms with Gasteiger partial charge in [0.05, 0.1) is 10.5 Å². The molecule has 0 bridgehead atoms. The van der Waals surface area contributed by atoms with Crippen molar-refractivity contribution in [3.8, 4) is 5.75 Å². The van der Waals surface area contributed by atoms with Crippen molar-refractivity contribution in [3.05, 3.63) is 74.5 Å². The van der Waals surface area contributed by atoms with Crippen molar-refractivity contribution in [2.45, 2.75) is 0 Å². The standard InChI is InChI=1S/C15H8ClNO4/c16-10-4-5-13-12(8-10)15(18)14(21-13)7-9-2-1-3-11(6-9)17(19)20/h1-8H/b14-7-. The lowest BCUT2D eigenvalue weighted by molar-refractivity contribution is -0.384. The Hall–Kier alpha value is -2.66. The molecule has 2 aromatic rings. The van der Waals surface area contributed by atoms with Gasteiger partial charge < -0.3 is 4.74 Å². The van der Waals surface area contributed by atoms with Gasteiger partial charge in [0, 0.05) is 17.2 Å². The molecule has 0 aliphatic carbocycles. The van der Waals surface area contributed by atoms with E-state index in [1.165, 1.54) is 24.3 Å². The summed E-state index contributed by atoms with van der Waals surface area (Å²) >= 11 is 5.85. The zero-order valence-corrected chi connectivity index (χ0v) is 11.3. The van der Waals surface area contributed by atoms with Crippen molar-refractivity contribution in [1.82, 2.24) is 0 Å². The molecule has 6 heteroatoms. The van der Waals surface area contributed by atoms with Crippen LogP contribution in [0.1, 0.15) is 15.9 Å². The van der Waals surface area contributed by atoms with Gasteiger partial charge in [-0.3, -0.25) is 14.9 Å². The second-order valence-corrected chi connectivity index (χ2v) is 4.87. The molecule has 0 aromatic heterocycles. The topological polar surface area (TPSA) is 69.4 Å². The van der Waals surface area contributed by atoms with Crippen molar-refractivity contribution in [2.75, 3.05) is 0 Å². The maximum absolute atomic E-state index is 12.2. The predicted octanol–water partition coefficient (Wildman–Crippen LogP) is 3.86. The van der Waals surface area contributed by atoms with Gasteiger partial charge in [0.1, 0.15) is 5.75 Å². The monoisotopic (exact) mass is 301 g/mol. The molecule has 5 nitrogen and oxygen atoms in total. The molecule has 21 heavy (non-hydrogen) atoms. The summed E-state index contributed by atoms with van der Waals surface area (Å²) in [6.07, 6.45) is 1.48.